The summed E-state index contributed by atoms with van der Waals surface area (Å²) in [6.07, 6.45) is 0. The fourth-order valence-corrected chi connectivity index (χ4v) is 3.19. The number of hydrogen-bond acceptors (Lipinski definition) is 6. The number of nitrogens with one attached hydrogen (secondary N) is 1. The van der Waals surface area contributed by atoms with Crippen molar-refractivity contribution in [1.82, 2.24) is 0 Å². The second-order valence-electron chi connectivity index (χ2n) is 4.98. The van der Waals surface area contributed by atoms with E-state index in [1.54, 1.807) is 0 Å². The standard InChI is InChI=1S/C15H14N2O6S/c1-10(15(18)19)16-11-2-6-13(7-3-11)24(22,23)14-8-4-12(5-9-14)17(20)21/h2-10,16H,1H3,(H,18,19)/t10-/m0/s1. The first-order chi connectivity index (χ1) is 11.2. The molecule has 24 heavy (non-hydrogen) atoms. The maximum Gasteiger partial charge on any atom is 0.325 e. The molecule has 0 aliphatic heterocycles. The molecule has 0 amide bonds. The molecule has 9 heteroatoms. The summed E-state index contributed by atoms with van der Waals surface area (Å²) in [5.74, 6) is -1.03. The average molecular weight is 350 g/mol. The Morgan fingerprint density at radius 2 is 1.54 bits per heavy atom. The van der Waals surface area contributed by atoms with E-state index >= 15 is 0 Å². The number of sulfone groups is 1. The van der Waals surface area contributed by atoms with E-state index in [-0.39, 0.29) is 15.5 Å². The van der Waals surface area contributed by atoms with Crippen LogP contribution in [0.4, 0.5) is 11.4 Å². The number of benzene rings is 2. The van der Waals surface area contributed by atoms with E-state index in [1.165, 1.54) is 43.3 Å². The molecule has 0 heterocycles. The van der Waals surface area contributed by atoms with Gasteiger partial charge >= 0.3 is 5.97 Å². The number of hydrogen-bond donors (Lipinski definition) is 2. The van der Waals surface area contributed by atoms with Crippen LogP contribution in [0.5, 0.6) is 0 Å². The van der Waals surface area contributed by atoms with Crippen LogP contribution < -0.4 is 5.32 Å². The molecular formula is C15H14N2O6S. The normalized spacial score (nSPS) is 12.4. The van der Waals surface area contributed by atoms with Crippen LogP contribution in [0, 0.1) is 10.1 Å². The SMILES string of the molecule is C[C@H](Nc1ccc(S(=O)(=O)c2ccc([N+](=O)[O-])cc2)cc1)C(=O)O. The number of carbonyl (C=O) groups is 1. The molecule has 1 atom stereocenters. The summed E-state index contributed by atoms with van der Waals surface area (Å²) >= 11 is 0. The van der Waals surface area contributed by atoms with Gasteiger partial charge in [0.05, 0.1) is 14.7 Å². The molecule has 2 aromatic carbocycles. The Hall–Kier alpha value is -2.94. The van der Waals surface area contributed by atoms with Gasteiger partial charge in [-0.25, -0.2) is 8.42 Å². The second-order valence-corrected chi connectivity index (χ2v) is 6.93. The van der Waals surface area contributed by atoms with Crippen molar-refractivity contribution in [3.8, 4) is 0 Å². The van der Waals surface area contributed by atoms with Gasteiger partial charge in [0.15, 0.2) is 0 Å². The van der Waals surface area contributed by atoms with E-state index in [1.807, 2.05) is 0 Å². The Labute approximate surface area is 137 Å². The van der Waals surface area contributed by atoms with Gasteiger partial charge in [0.1, 0.15) is 6.04 Å². The molecule has 0 unspecified atom stereocenters. The number of carboxylic acids is 1. The summed E-state index contributed by atoms with van der Waals surface area (Å²) in [4.78, 5) is 20.7. The summed E-state index contributed by atoms with van der Waals surface area (Å²) in [5, 5.41) is 22.2. The number of rotatable bonds is 6. The Morgan fingerprint density at radius 1 is 1.08 bits per heavy atom. The number of anilines is 1. The predicted molar refractivity (Wildman–Crippen MR) is 85.7 cm³/mol. The minimum Gasteiger partial charge on any atom is -0.480 e. The number of non-ortho nitro benzene ring substituents is 1. The third kappa shape index (κ3) is 3.69. The molecular weight excluding hydrogens is 336 g/mol. The Morgan fingerprint density at radius 3 is 1.96 bits per heavy atom. The summed E-state index contributed by atoms with van der Waals surface area (Å²) in [7, 11) is -3.81. The van der Waals surface area contributed by atoms with Crippen LogP contribution in [0.2, 0.25) is 0 Å². The van der Waals surface area contributed by atoms with Gasteiger partial charge in [0.2, 0.25) is 9.84 Å². The van der Waals surface area contributed by atoms with Crippen LogP contribution in [-0.4, -0.2) is 30.5 Å². The summed E-state index contributed by atoms with van der Waals surface area (Å²) in [5.41, 5.74) is 0.267. The summed E-state index contributed by atoms with van der Waals surface area (Å²) in [6, 6.07) is 9.37. The zero-order chi connectivity index (χ0) is 17.9. The molecule has 2 rings (SSSR count). The molecule has 0 saturated carbocycles. The van der Waals surface area contributed by atoms with Crippen molar-refractivity contribution in [2.45, 2.75) is 22.8 Å². The highest BCUT2D eigenvalue weighted by atomic mass is 32.2. The predicted octanol–water partition coefficient (Wildman–Crippen LogP) is 2.31. The Bertz CT molecular complexity index is 860. The fourth-order valence-electron chi connectivity index (χ4n) is 1.93. The topological polar surface area (TPSA) is 127 Å². The van der Waals surface area contributed by atoms with Crippen LogP contribution in [-0.2, 0) is 14.6 Å². The first-order valence-corrected chi connectivity index (χ1v) is 8.29. The second kappa shape index (κ2) is 6.67. The first kappa shape index (κ1) is 17.4. The molecule has 0 spiro atoms. The lowest BCUT2D eigenvalue weighted by atomic mass is 10.2. The molecule has 0 saturated heterocycles. The minimum atomic E-state index is -3.81. The molecule has 0 aliphatic rings. The van der Waals surface area contributed by atoms with Gasteiger partial charge in [-0.1, -0.05) is 0 Å². The van der Waals surface area contributed by atoms with Crippen LogP contribution in [0.25, 0.3) is 0 Å². The molecule has 0 radical (unpaired) electrons. The lowest BCUT2D eigenvalue weighted by Gasteiger charge is -2.11. The number of aliphatic carboxylic acids is 1. The van der Waals surface area contributed by atoms with Crippen molar-refractivity contribution >= 4 is 27.2 Å². The Kier molecular flexibility index (Phi) is 4.84. The Balaban J connectivity index is 2.26. The van der Waals surface area contributed by atoms with E-state index in [0.29, 0.717) is 5.69 Å². The van der Waals surface area contributed by atoms with Crippen molar-refractivity contribution in [3.63, 3.8) is 0 Å². The van der Waals surface area contributed by atoms with E-state index in [9.17, 15) is 23.3 Å². The van der Waals surface area contributed by atoms with E-state index in [0.717, 1.165) is 12.1 Å². The lowest BCUT2D eigenvalue weighted by Crippen LogP contribution is -2.25. The molecule has 8 nitrogen and oxygen atoms in total. The summed E-state index contributed by atoms with van der Waals surface area (Å²) in [6.45, 7) is 1.46. The quantitative estimate of drug-likeness (QED) is 0.604. The number of nitro benzene ring substituents is 1. The largest absolute Gasteiger partial charge is 0.480 e. The summed E-state index contributed by atoms with van der Waals surface area (Å²) < 4.78 is 24.9. The number of nitrogens with zero attached hydrogens (tertiary/aromatic N) is 1. The van der Waals surface area contributed by atoms with Crippen LogP contribution in [0.15, 0.2) is 58.3 Å². The van der Waals surface area contributed by atoms with Gasteiger partial charge in [-0.05, 0) is 43.3 Å². The molecule has 2 N–H and O–H groups in total. The third-order valence-electron chi connectivity index (χ3n) is 3.28. The molecule has 126 valence electrons. The maximum absolute atomic E-state index is 12.5. The fraction of sp³-hybridized carbons (Fsp3) is 0.133. The first-order valence-electron chi connectivity index (χ1n) is 6.81. The molecule has 0 fully saturated rings. The number of carboxylic acid groups (broad SMARTS) is 1. The van der Waals surface area contributed by atoms with Crippen molar-refractivity contribution in [1.29, 1.82) is 0 Å². The minimum absolute atomic E-state index is 0.00452. The van der Waals surface area contributed by atoms with Crippen LogP contribution in [0.1, 0.15) is 6.92 Å². The van der Waals surface area contributed by atoms with Gasteiger partial charge in [-0.2, -0.15) is 0 Å². The smallest absolute Gasteiger partial charge is 0.325 e. The van der Waals surface area contributed by atoms with Crippen molar-refractivity contribution < 1.29 is 23.2 Å². The molecule has 2 aromatic rings. The van der Waals surface area contributed by atoms with Crippen LogP contribution in [0.3, 0.4) is 0 Å². The van der Waals surface area contributed by atoms with Crippen molar-refractivity contribution in [2.24, 2.45) is 0 Å². The molecule has 0 aromatic heterocycles. The zero-order valence-electron chi connectivity index (χ0n) is 12.5. The maximum atomic E-state index is 12.5. The van der Waals surface area contributed by atoms with Gasteiger partial charge in [0.25, 0.3) is 5.69 Å². The van der Waals surface area contributed by atoms with E-state index < -0.39 is 26.8 Å². The van der Waals surface area contributed by atoms with E-state index in [2.05, 4.69) is 5.32 Å². The monoisotopic (exact) mass is 350 g/mol. The van der Waals surface area contributed by atoms with Crippen molar-refractivity contribution in [3.05, 3.63) is 58.6 Å². The number of nitro groups is 1. The lowest BCUT2D eigenvalue weighted by molar-refractivity contribution is -0.384. The third-order valence-corrected chi connectivity index (χ3v) is 5.06. The van der Waals surface area contributed by atoms with Gasteiger partial charge in [-0.15, -0.1) is 0 Å². The highest BCUT2D eigenvalue weighted by molar-refractivity contribution is 7.91. The highest BCUT2D eigenvalue weighted by Crippen LogP contribution is 2.24. The van der Waals surface area contributed by atoms with Gasteiger partial charge < -0.3 is 10.4 Å². The van der Waals surface area contributed by atoms with Gasteiger partial charge in [-0.3, -0.25) is 14.9 Å². The van der Waals surface area contributed by atoms with Crippen LogP contribution >= 0.6 is 0 Å². The highest BCUT2D eigenvalue weighted by Gasteiger charge is 2.19. The molecule has 0 bridgehead atoms. The van der Waals surface area contributed by atoms with E-state index in [4.69, 9.17) is 5.11 Å². The zero-order valence-corrected chi connectivity index (χ0v) is 13.4. The van der Waals surface area contributed by atoms with Gasteiger partial charge in [0, 0.05) is 17.8 Å². The average Bonchev–Trinajstić information content (AvgIpc) is 2.55. The van der Waals surface area contributed by atoms with Crippen molar-refractivity contribution in [2.75, 3.05) is 5.32 Å². The molecule has 0 aliphatic carbocycles.